The summed E-state index contributed by atoms with van der Waals surface area (Å²) in [7, 11) is 4.46. The maximum absolute atomic E-state index is 12.3. The first-order valence-corrected chi connectivity index (χ1v) is 58.1. The second-order valence-electron chi connectivity index (χ2n) is 30.0. The number of nitrogens with zero attached hydrogens (tertiary/aromatic N) is 14. The number of benzene rings is 3. The number of carbonyl (C=O) groups is 3. The van der Waals surface area contributed by atoms with E-state index in [1.807, 2.05) is 71.6 Å². The molecule has 3 saturated carbocycles. The molecule has 3 aromatic carbocycles. The van der Waals surface area contributed by atoms with Gasteiger partial charge < -0.3 is 39.4 Å². The largest absolute Gasteiger partial charge is 1.00 e. The van der Waals surface area contributed by atoms with Crippen LogP contribution in [0.2, 0.25) is 43.7 Å². The zero-order chi connectivity index (χ0) is 96.1. The van der Waals surface area contributed by atoms with Crippen LogP contribution in [0.25, 0.3) is 55.7 Å². The fourth-order valence-corrected chi connectivity index (χ4v) is 34.6. The number of esters is 2. The number of carbonyl (C=O) groups excluding carboxylic acids is 2. The molecule has 10 heterocycles. The summed E-state index contributed by atoms with van der Waals surface area (Å²) in [5.74, 6) is 1.45. The Hall–Kier alpha value is -6.13. The van der Waals surface area contributed by atoms with E-state index in [9.17, 15) is 38.4 Å². The second-order valence-corrected chi connectivity index (χ2v) is 54.0. The van der Waals surface area contributed by atoms with Crippen LogP contribution in [0.5, 0.6) is 0 Å². The quantitative estimate of drug-likeness (QED) is 0.0116. The van der Waals surface area contributed by atoms with Crippen LogP contribution in [0.3, 0.4) is 0 Å². The normalized spacial score (nSPS) is 12.5. The summed E-state index contributed by atoms with van der Waals surface area (Å²) < 4.78 is 64.7. The summed E-state index contributed by atoms with van der Waals surface area (Å²) in [6.45, 7) is 7.08. The first kappa shape index (κ1) is 126. The van der Waals surface area contributed by atoms with Crippen molar-refractivity contribution in [2.45, 2.75) is 175 Å². The van der Waals surface area contributed by atoms with Gasteiger partial charge in [-0.2, -0.15) is 8.42 Å². The van der Waals surface area contributed by atoms with E-state index >= 15 is 0 Å². The Balaban J connectivity index is 0.000000548. The average Bonchev–Trinajstić information content (AvgIpc) is 1.55. The number of H-pyrrole nitrogens is 3. The van der Waals surface area contributed by atoms with E-state index in [-0.39, 0.29) is 119 Å². The summed E-state index contributed by atoms with van der Waals surface area (Å²) in [4.78, 5) is 116. The van der Waals surface area contributed by atoms with E-state index in [1.54, 1.807) is 70.7 Å². The van der Waals surface area contributed by atoms with Crippen molar-refractivity contribution in [3.63, 3.8) is 0 Å². The topological polar surface area (TPSA) is 467 Å². The summed E-state index contributed by atoms with van der Waals surface area (Å²) >= 11 is 46.7. The number of hydrogen-bond acceptors (Lipinski definition) is 23. The van der Waals surface area contributed by atoms with Crippen LogP contribution in [0.1, 0.15) is 209 Å². The maximum Gasteiger partial charge on any atom is 1.00 e. The van der Waals surface area contributed by atoms with E-state index in [0.29, 0.717) is 69.5 Å². The molecule has 10 aromatic heterocycles. The summed E-state index contributed by atoms with van der Waals surface area (Å²) in [5, 5.41) is 12.5. The van der Waals surface area contributed by atoms with Gasteiger partial charge in [0.05, 0.1) is 85.7 Å². The molecule has 734 valence electrons. The zero-order valence-corrected chi connectivity index (χ0v) is 93.7. The van der Waals surface area contributed by atoms with Crippen molar-refractivity contribution in [2.75, 3.05) is 14.2 Å². The van der Waals surface area contributed by atoms with Crippen molar-refractivity contribution in [1.82, 2.24) is 83.5 Å². The second kappa shape index (κ2) is 63.7. The number of methoxy groups -OCH3 is 2. The number of fused-ring (bicyclic) bond motifs is 3. The molecule has 32 nitrogen and oxygen atoms in total. The Labute approximate surface area is 896 Å². The molecule has 3 aliphatic carbocycles. The molecular weight excluding hydrogens is 2350 g/mol. The predicted octanol–water partition coefficient (Wildman–Crippen LogP) is 21.2. The van der Waals surface area contributed by atoms with Gasteiger partial charge in [-0.25, -0.2) is 78.8 Å². The van der Waals surface area contributed by atoms with E-state index in [1.165, 1.54) is 202 Å². The molecule has 0 atom stereocenters. The van der Waals surface area contributed by atoms with Gasteiger partial charge in [0.1, 0.15) is 0 Å². The summed E-state index contributed by atoms with van der Waals surface area (Å²) in [6, 6.07) is 20.7. The van der Waals surface area contributed by atoms with Crippen LogP contribution in [-0.2, 0) is 45.6 Å². The van der Waals surface area contributed by atoms with Crippen LogP contribution >= 0.6 is 168 Å². The minimum absolute atomic E-state index is 0. The minimum Gasteiger partial charge on any atom is -0.870 e. The van der Waals surface area contributed by atoms with Gasteiger partial charge in [0.25, 0.3) is 0 Å². The first-order valence-electron chi connectivity index (χ1n) is 41.4. The smallest absolute Gasteiger partial charge is 0.870 e. The minimum atomic E-state index is -4.67. The molecule has 13 aromatic rings. The van der Waals surface area contributed by atoms with Crippen LogP contribution in [0.4, 0.5) is 0 Å². The molecule has 7 N–H and O–H groups in total. The van der Waals surface area contributed by atoms with Crippen molar-refractivity contribution in [2.24, 2.45) is 21.1 Å². The van der Waals surface area contributed by atoms with Gasteiger partial charge in [0.15, 0.2) is 15.5 Å². The van der Waals surface area contributed by atoms with Crippen molar-refractivity contribution >= 4 is 251 Å². The number of halogens is 12. The number of unbranched alkanes of at least 4 members (excludes halogenated alkanes) is 3. The Bertz CT molecular complexity index is 6030. The molecule has 0 unspecified atom stereocenters. The third-order valence-corrected chi connectivity index (χ3v) is 38.8. The standard InChI is InChI=1S/C20H20ClN3O2.C19H18ClN3O2.C16H18NO2.C4H2Cl2N2.C4H2ClIN2.C4H3ClN2O.2C4H4N2O.3C4H9.CH4.Cl3OP.ClH.HI.Na.H2O4S.H2O.Sn/c1-24-16-9-13(20(25)26-2)7-8-15(16)17(12-5-3-4-6-12)18(24)19-22-10-14(21)11-23-19;1-23-15-8-12(19(24)25)6-7-14(15)16(11-4-2-3-5-11)17(23)18-21-9-13(20)10-22-18;1-17-10-14(11-5-3-4-6-11)13-8-7-12(9-15(13)17)16(18)19-2;2*5-3-1-7-4(6)8-2-3;5-3-1-6-4(8)7-2-3;2*7-4-5-2-1-3-6-4;3*1-3-4-2;;1-5(2,3)4;;;;1-5(2,3)4;;/h7-12H,3-6H2,1-2H3;6-11H,2-5H2,1H3,(H,24,25);7-9,11H,3-6H2,1-2H3;2*1-2H;1-2H,(H,6,7,8);2*1-3H,(H,5,6,7);3*1,3-4H2,2H3;1H4;;2*1H;;(H2,1,2,3,4);1H2;/q;;;;;;;;;;;;;;;+1;;;/p-1. The number of rotatable bonds is 18. The number of carboxylic acids is 1. The third-order valence-electron chi connectivity index (χ3n) is 21.3. The number of nitrogens with one attached hydrogen (secondary N) is 3. The molecule has 0 aliphatic heterocycles. The monoisotopic (exact) mass is 2450 g/mol. The number of ether oxygens (including phenoxy) is 2. The SMILES string of the molecule is C.CCC[CH2][Sn]([CH2]CCC)([CH2]CCC)[c]1c(C2CCCC2)c2ccc(C(=O)OC)cc2n1C.COC(=O)c1ccc2c(C3CCCC3)c(-c3ncc(Cl)cn3)n(C)c2c1.Cl.Clc1cnc(Cl)nc1.Clc1cnc(I)nc1.Cn1c(-c2ncc(Cl)cn2)c(C2CCCC2)c2ccc(C(=O)O)cc21.I.O=P(Cl)(Cl)Cl.O=S(=O)(O)O.O=c1ncc(Cl)c[nH]1.O=c1nccc[nH]1.O=c1nccc[nH]1.[Na+].[OH-]. The molecule has 0 spiro atoms. The fraction of sp³-hybridized carbons (Fsp3) is 0.375. The maximum atomic E-state index is 12.3. The predicted molar refractivity (Wildman–Crippen MR) is 561 cm³/mol. The van der Waals surface area contributed by atoms with Crippen molar-refractivity contribution in [3.05, 3.63) is 253 Å². The number of aryl methyl sites for hydroxylation is 3. The van der Waals surface area contributed by atoms with Crippen LogP contribution in [-0.4, -0.2) is 162 Å². The van der Waals surface area contributed by atoms with Crippen LogP contribution in [0, 0.1) is 3.83 Å². The van der Waals surface area contributed by atoms with Crippen molar-refractivity contribution < 1.29 is 86.1 Å². The Morgan fingerprint density at radius 1 is 0.500 bits per heavy atom. The number of carboxylic acid groups (broad SMARTS) is 1. The molecule has 0 saturated heterocycles. The number of aromatic nitrogens is 17. The molecule has 48 heteroatoms. The molecule has 3 fully saturated rings. The van der Waals surface area contributed by atoms with E-state index in [2.05, 4.69) is 153 Å². The molecule has 136 heavy (non-hydrogen) atoms. The number of aromatic carboxylic acids is 1. The first-order chi connectivity index (χ1) is 62.3. The van der Waals surface area contributed by atoms with Crippen molar-refractivity contribution in [1.29, 1.82) is 0 Å². The number of aromatic amines is 3. The van der Waals surface area contributed by atoms with Gasteiger partial charge in [0.2, 0.25) is 5.28 Å². The molecule has 3 aliphatic rings. The Kier molecular flexibility index (Phi) is 59.0. The molecule has 0 amide bonds. The summed E-state index contributed by atoms with van der Waals surface area (Å²) in [5.41, 5.74) is 9.85. The Morgan fingerprint density at radius 3 is 1.08 bits per heavy atom. The number of hydrogen-bond donors (Lipinski definition) is 6. The average molecular weight is 2460 g/mol. The van der Waals surface area contributed by atoms with Crippen LogP contribution < -0.4 is 50.3 Å². The summed E-state index contributed by atoms with van der Waals surface area (Å²) in [6.07, 6.45) is 44.0. The van der Waals surface area contributed by atoms with Gasteiger partial charge in [0, 0.05) is 114 Å². The fourth-order valence-electron chi connectivity index (χ4n) is 15.8. The molecule has 0 bridgehead atoms. The molecular formula is C88H107Cl10I2N17NaO15PSSn. The van der Waals surface area contributed by atoms with E-state index in [0.717, 1.165) is 46.0 Å². The zero-order valence-electron chi connectivity index (χ0n) is 75.0. The third kappa shape index (κ3) is 40.7. The van der Waals surface area contributed by atoms with Gasteiger partial charge in [-0.3, -0.25) is 13.7 Å². The van der Waals surface area contributed by atoms with E-state index < -0.39 is 39.9 Å². The molecule has 0 radical (unpaired) electrons. The van der Waals surface area contributed by atoms with E-state index in [4.69, 9.17) is 96.6 Å². The molecule has 16 rings (SSSR count). The van der Waals surface area contributed by atoms with Gasteiger partial charge in [-0.15, -0.1) is 36.4 Å². The van der Waals surface area contributed by atoms with Gasteiger partial charge in [-0.05, 0) is 130 Å². The van der Waals surface area contributed by atoms with Gasteiger partial charge in [-0.1, -0.05) is 103 Å². The van der Waals surface area contributed by atoms with Gasteiger partial charge >= 0.3 is 275 Å². The van der Waals surface area contributed by atoms with Crippen molar-refractivity contribution in [3.8, 4) is 23.0 Å². The Morgan fingerprint density at radius 2 is 0.801 bits per heavy atom. The van der Waals surface area contributed by atoms with Crippen LogP contribution in [0.15, 0.2) is 168 Å².